The Morgan fingerprint density at radius 3 is 2.61 bits per heavy atom. The van der Waals surface area contributed by atoms with Crippen molar-refractivity contribution in [3.8, 4) is 0 Å². The van der Waals surface area contributed by atoms with Crippen LogP contribution in [-0.2, 0) is 0 Å². The van der Waals surface area contributed by atoms with Gasteiger partial charge in [0.1, 0.15) is 5.82 Å². The molecule has 6 heteroatoms. The molecule has 2 aromatic rings. The van der Waals surface area contributed by atoms with Crippen LogP contribution < -0.4 is 9.80 Å². The minimum Gasteiger partial charge on any atom is -0.354 e. The molecule has 0 aromatic carbocycles. The lowest BCUT2D eigenvalue weighted by molar-refractivity contribution is 0.551. The molecule has 0 aliphatic carbocycles. The van der Waals surface area contributed by atoms with Crippen LogP contribution >= 0.6 is 0 Å². The van der Waals surface area contributed by atoms with Crippen LogP contribution in [0.4, 0.5) is 11.8 Å². The third-order valence-corrected chi connectivity index (χ3v) is 5.15. The average Bonchev–Trinajstić information content (AvgIpc) is 3.31. The molecule has 0 saturated carbocycles. The molecular weight excluding hydrogens is 288 g/mol. The summed E-state index contributed by atoms with van der Waals surface area (Å²) in [5.41, 5.74) is 2.31. The van der Waals surface area contributed by atoms with Gasteiger partial charge in [-0.15, -0.1) is 0 Å². The molecule has 4 heterocycles. The highest BCUT2D eigenvalue weighted by atomic mass is 15.3. The second-order valence-corrected chi connectivity index (χ2v) is 6.65. The van der Waals surface area contributed by atoms with E-state index in [1.54, 1.807) is 0 Å². The molecule has 2 saturated heterocycles. The maximum Gasteiger partial charge on any atom is 0.227 e. The van der Waals surface area contributed by atoms with Crippen molar-refractivity contribution in [1.82, 2.24) is 19.5 Å². The number of hydrogen-bond acceptors (Lipinski definition) is 5. The van der Waals surface area contributed by atoms with Gasteiger partial charge in [-0.3, -0.25) is 0 Å². The highest BCUT2D eigenvalue weighted by Gasteiger charge is 2.27. The van der Waals surface area contributed by atoms with Gasteiger partial charge in [-0.2, -0.15) is 4.98 Å². The molecule has 0 amide bonds. The van der Waals surface area contributed by atoms with Gasteiger partial charge in [-0.25, -0.2) is 9.97 Å². The normalized spacial score (nSPS) is 21.4. The molecule has 2 fully saturated rings. The zero-order valence-corrected chi connectivity index (χ0v) is 13.9. The van der Waals surface area contributed by atoms with Crippen molar-refractivity contribution in [3.05, 3.63) is 30.0 Å². The standard InChI is InChI=1S/C17H24N6/c1-13-14(2)19-17(21-7-3-4-8-21)20-16(13)22-9-5-15(11-22)23-10-6-18-12-23/h6,10,12,15H,3-5,7-9,11H2,1-2H3. The first-order valence-electron chi connectivity index (χ1n) is 8.55. The van der Waals surface area contributed by atoms with E-state index in [1.807, 2.05) is 12.5 Å². The van der Waals surface area contributed by atoms with Crippen molar-refractivity contribution in [2.24, 2.45) is 0 Å². The van der Waals surface area contributed by atoms with Crippen LogP contribution in [0.1, 0.15) is 36.6 Å². The van der Waals surface area contributed by atoms with Crippen LogP contribution in [0.5, 0.6) is 0 Å². The minimum atomic E-state index is 0.488. The summed E-state index contributed by atoms with van der Waals surface area (Å²) in [4.78, 5) is 18.6. The Bertz CT molecular complexity index is 675. The summed E-state index contributed by atoms with van der Waals surface area (Å²) in [7, 11) is 0. The quantitative estimate of drug-likeness (QED) is 0.871. The van der Waals surface area contributed by atoms with Crippen molar-refractivity contribution >= 4 is 11.8 Å². The van der Waals surface area contributed by atoms with Crippen molar-refractivity contribution < 1.29 is 0 Å². The Hall–Kier alpha value is -2.11. The number of aromatic nitrogens is 4. The van der Waals surface area contributed by atoms with E-state index in [4.69, 9.17) is 9.97 Å². The summed E-state index contributed by atoms with van der Waals surface area (Å²) in [6, 6.07) is 0.488. The Morgan fingerprint density at radius 1 is 1.04 bits per heavy atom. The molecule has 2 aromatic heterocycles. The lowest BCUT2D eigenvalue weighted by Crippen LogP contribution is -2.26. The lowest BCUT2D eigenvalue weighted by atomic mass is 10.2. The van der Waals surface area contributed by atoms with E-state index >= 15 is 0 Å². The number of hydrogen-bond donors (Lipinski definition) is 0. The van der Waals surface area contributed by atoms with Gasteiger partial charge in [0.25, 0.3) is 0 Å². The molecule has 2 aliphatic rings. The summed E-state index contributed by atoms with van der Waals surface area (Å²) in [5, 5.41) is 0. The fourth-order valence-corrected chi connectivity index (χ4v) is 3.63. The summed E-state index contributed by atoms with van der Waals surface area (Å²) in [6.07, 6.45) is 9.46. The van der Waals surface area contributed by atoms with E-state index in [0.29, 0.717) is 6.04 Å². The fraction of sp³-hybridized carbons (Fsp3) is 0.588. The first-order chi connectivity index (χ1) is 11.2. The zero-order chi connectivity index (χ0) is 15.8. The van der Waals surface area contributed by atoms with E-state index in [1.165, 1.54) is 18.4 Å². The van der Waals surface area contributed by atoms with Crippen LogP contribution in [0, 0.1) is 13.8 Å². The molecular formula is C17H24N6. The van der Waals surface area contributed by atoms with Gasteiger partial charge in [-0.05, 0) is 33.1 Å². The molecule has 0 spiro atoms. The minimum absolute atomic E-state index is 0.488. The van der Waals surface area contributed by atoms with Gasteiger partial charge in [-0.1, -0.05) is 0 Å². The third-order valence-electron chi connectivity index (χ3n) is 5.15. The second kappa shape index (κ2) is 5.83. The van der Waals surface area contributed by atoms with Crippen LogP contribution in [0.3, 0.4) is 0 Å². The molecule has 0 radical (unpaired) electrons. The van der Waals surface area contributed by atoms with Gasteiger partial charge in [0.15, 0.2) is 0 Å². The summed E-state index contributed by atoms with van der Waals surface area (Å²) in [6.45, 7) is 8.44. The van der Waals surface area contributed by atoms with Gasteiger partial charge in [0, 0.05) is 49.8 Å². The third kappa shape index (κ3) is 2.66. The maximum absolute atomic E-state index is 4.93. The molecule has 23 heavy (non-hydrogen) atoms. The van der Waals surface area contributed by atoms with Gasteiger partial charge in [0.05, 0.1) is 12.4 Å². The first kappa shape index (κ1) is 14.5. The predicted molar refractivity (Wildman–Crippen MR) is 91.0 cm³/mol. The van der Waals surface area contributed by atoms with Gasteiger partial charge in [0.2, 0.25) is 5.95 Å². The van der Waals surface area contributed by atoms with Crippen molar-refractivity contribution in [2.45, 2.75) is 39.2 Å². The lowest BCUT2D eigenvalue weighted by Gasteiger charge is -2.24. The van der Waals surface area contributed by atoms with E-state index in [0.717, 1.165) is 50.1 Å². The number of imidazole rings is 1. The first-order valence-corrected chi connectivity index (χ1v) is 8.55. The van der Waals surface area contributed by atoms with E-state index < -0.39 is 0 Å². The van der Waals surface area contributed by atoms with E-state index in [9.17, 15) is 0 Å². The molecule has 0 bridgehead atoms. The Balaban J connectivity index is 1.60. The van der Waals surface area contributed by atoms with Crippen LogP contribution in [0.2, 0.25) is 0 Å². The van der Waals surface area contributed by atoms with Crippen LogP contribution in [-0.4, -0.2) is 45.7 Å². The summed E-state index contributed by atoms with van der Waals surface area (Å²) >= 11 is 0. The highest BCUT2D eigenvalue weighted by molar-refractivity contribution is 5.53. The smallest absolute Gasteiger partial charge is 0.227 e. The van der Waals surface area contributed by atoms with Crippen LogP contribution in [0.25, 0.3) is 0 Å². The van der Waals surface area contributed by atoms with Crippen molar-refractivity contribution in [2.75, 3.05) is 36.0 Å². The van der Waals surface area contributed by atoms with E-state index in [2.05, 4.69) is 39.4 Å². The van der Waals surface area contributed by atoms with Crippen molar-refractivity contribution in [3.63, 3.8) is 0 Å². The average molecular weight is 312 g/mol. The molecule has 1 unspecified atom stereocenters. The number of aryl methyl sites for hydroxylation is 1. The second-order valence-electron chi connectivity index (χ2n) is 6.65. The summed E-state index contributed by atoms with van der Waals surface area (Å²) < 4.78 is 2.21. The van der Waals surface area contributed by atoms with Crippen molar-refractivity contribution in [1.29, 1.82) is 0 Å². The predicted octanol–water partition coefficient (Wildman–Crippen LogP) is 2.34. The van der Waals surface area contributed by atoms with Crippen LogP contribution in [0.15, 0.2) is 18.7 Å². The topological polar surface area (TPSA) is 50.1 Å². The Labute approximate surface area is 137 Å². The zero-order valence-electron chi connectivity index (χ0n) is 13.9. The summed E-state index contributed by atoms with van der Waals surface area (Å²) in [5.74, 6) is 2.02. The SMILES string of the molecule is Cc1nc(N2CCCC2)nc(N2CCC(n3ccnc3)C2)c1C. The number of anilines is 2. The monoisotopic (exact) mass is 312 g/mol. The molecule has 1 atom stereocenters. The van der Waals surface area contributed by atoms with Gasteiger partial charge >= 0.3 is 0 Å². The highest BCUT2D eigenvalue weighted by Crippen LogP contribution is 2.30. The fourth-order valence-electron chi connectivity index (χ4n) is 3.63. The molecule has 0 N–H and O–H groups in total. The number of nitrogens with zero attached hydrogens (tertiary/aromatic N) is 6. The van der Waals surface area contributed by atoms with E-state index in [-0.39, 0.29) is 0 Å². The molecule has 122 valence electrons. The number of rotatable bonds is 3. The molecule has 4 rings (SSSR count). The molecule has 2 aliphatic heterocycles. The van der Waals surface area contributed by atoms with Gasteiger partial charge < -0.3 is 14.4 Å². The Morgan fingerprint density at radius 2 is 1.87 bits per heavy atom. The molecule has 6 nitrogen and oxygen atoms in total. The maximum atomic E-state index is 4.93. The largest absolute Gasteiger partial charge is 0.354 e. The Kier molecular flexibility index (Phi) is 3.67.